The number of halogens is 3. The first-order chi connectivity index (χ1) is 9.74. The van der Waals surface area contributed by atoms with Gasteiger partial charge < -0.3 is 9.84 Å². The third kappa shape index (κ3) is 3.32. The largest absolute Gasteiger partial charge is 0.481 e. The van der Waals surface area contributed by atoms with Gasteiger partial charge in [0.2, 0.25) is 5.88 Å². The Bertz CT molecular complexity index is 689. The number of thiophene rings is 1. The fraction of sp³-hybridized carbons (Fsp3) is 0.385. The first kappa shape index (κ1) is 16.1. The van der Waals surface area contributed by atoms with Crippen LogP contribution >= 0.6 is 27.3 Å². The molecule has 114 valence electrons. The van der Waals surface area contributed by atoms with Gasteiger partial charge in [-0.3, -0.25) is 4.79 Å². The average Bonchev–Trinajstić information content (AvgIpc) is 2.80. The highest BCUT2D eigenvalue weighted by Crippen LogP contribution is 2.42. The maximum atomic E-state index is 14.2. The zero-order chi connectivity index (χ0) is 15.8. The quantitative estimate of drug-likeness (QED) is 0.842. The minimum Gasteiger partial charge on any atom is -0.481 e. The van der Waals surface area contributed by atoms with Gasteiger partial charge in [0.15, 0.2) is 0 Å². The number of carboxylic acid groups (broad SMARTS) is 1. The number of ether oxygens (including phenoxy) is 1. The number of hydrogen-bond acceptors (Lipinski definition) is 4. The van der Waals surface area contributed by atoms with Gasteiger partial charge in [-0.15, -0.1) is 11.3 Å². The second-order valence-electron chi connectivity index (χ2n) is 4.62. The number of pyridine rings is 1. The van der Waals surface area contributed by atoms with Crippen molar-refractivity contribution in [1.29, 1.82) is 0 Å². The predicted molar refractivity (Wildman–Crippen MR) is 79.2 cm³/mol. The number of aromatic nitrogens is 1. The number of methoxy groups -OCH3 is 1. The number of aliphatic carboxylic acids is 1. The van der Waals surface area contributed by atoms with Crippen LogP contribution in [0.15, 0.2) is 16.6 Å². The Morgan fingerprint density at radius 1 is 1.57 bits per heavy atom. The molecule has 0 aromatic carbocycles. The van der Waals surface area contributed by atoms with Crippen molar-refractivity contribution in [1.82, 2.24) is 4.98 Å². The highest BCUT2D eigenvalue weighted by atomic mass is 79.9. The van der Waals surface area contributed by atoms with Crippen LogP contribution in [-0.4, -0.2) is 23.2 Å². The summed E-state index contributed by atoms with van der Waals surface area (Å²) in [4.78, 5) is 14.7. The third-order valence-electron chi connectivity index (χ3n) is 2.96. The Morgan fingerprint density at radius 2 is 2.24 bits per heavy atom. The van der Waals surface area contributed by atoms with Crippen LogP contribution in [0.2, 0.25) is 0 Å². The topological polar surface area (TPSA) is 59.4 Å². The van der Waals surface area contributed by atoms with Crippen LogP contribution in [0.5, 0.6) is 5.88 Å². The molecule has 1 atom stereocenters. The van der Waals surface area contributed by atoms with Gasteiger partial charge in [0.1, 0.15) is 0 Å². The van der Waals surface area contributed by atoms with Crippen LogP contribution < -0.4 is 4.74 Å². The zero-order valence-corrected chi connectivity index (χ0v) is 13.6. The summed E-state index contributed by atoms with van der Waals surface area (Å²) < 4.78 is 34.5. The maximum Gasteiger partial charge on any atom is 0.306 e. The normalized spacial score (nSPS) is 13.4. The Hall–Kier alpha value is -1.28. The van der Waals surface area contributed by atoms with E-state index in [0.29, 0.717) is 20.6 Å². The van der Waals surface area contributed by atoms with Crippen LogP contribution in [0.4, 0.5) is 8.78 Å². The maximum absolute atomic E-state index is 14.2. The lowest BCUT2D eigenvalue weighted by Gasteiger charge is -2.16. The van der Waals surface area contributed by atoms with Gasteiger partial charge in [0.05, 0.1) is 32.6 Å². The van der Waals surface area contributed by atoms with E-state index in [1.165, 1.54) is 20.1 Å². The van der Waals surface area contributed by atoms with Crippen molar-refractivity contribution in [3.05, 3.63) is 21.5 Å². The fourth-order valence-electron chi connectivity index (χ4n) is 1.82. The molecule has 2 heterocycles. The van der Waals surface area contributed by atoms with Gasteiger partial charge in [-0.1, -0.05) is 6.92 Å². The molecule has 0 spiro atoms. The van der Waals surface area contributed by atoms with Gasteiger partial charge in [-0.05, 0) is 28.1 Å². The standard InChI is InChI=1S/C13H12BrF2NO3S/c1-6(12(18)19)5-13(15,16)10-4-8-9(21-10)3-7(14)11(17-8)20-2/h3-4,6H,5H2,1-2H3,(H,18,19)/t6-/m0/s1. The molecule has 0 saturated heterocycles. The van der Waals surface area contributed by atoms with Crippen LogP contribution in [-0.2, 0) is 10.7 Å². The van der Waals surface area contributed by atoms with Crippen molar-refractivity contribution >= 4 is 43.5 Å². The molecule has 21 heavy (non-hydrogen) atoms. The average molecular weight is 380 g/mol. The zero-order valence-electron chi connectivity index (χ0n) is 11.2. The Labute approximate surface area is 131 Å². The highest BCUT2D eigenvalue weighted by Gasteiger charge is 2.37. The van der Waals surface area contributed by atoms with Crippen LogP contribution in [0.1, 0.15) is 18.2 Å². The lowest BCUT2D eigenvalue weighted by Crippen LogP contribution is -2.21. The number of carbonyl (C=O) groups is 1. The number of rotatable bonds is 5. The molecule has 0 aliphatic carbocycles. The first-order valence-corrected chi connectivity index (χ1v) is 7.60. The molecule has 2 aromatic rings. The van der Waals surface area contributed by atoms with E-state index in [1.54, 1.807) is 6.07 Å². The van der Waals surface area contributed by atoms with Crippen LogP contribution in [0.25, 0.3) is 10.2 Å². The summed E-state index contributed by atoms with van der Waals surface area (Å²) in [6.45, 7) is 1.27. The first-order valence-electron chi connectivity index (χ1n) is 6.00. The number of alkyl halides is 2. The summed E-state index contributed by atoms with van der Waals surface area (Å²) in [7, 11) is 1.44. The van der Waals surface area contributed by atoms with Gasteiger partial charge in [0.25, 0.3) is 5.92 Å². The summed E-state index contributed by atoms with van der Waals surface area (Å²) in [5, 5.41) is 8.77. The van der Waals surface area contributed by atoms with Crippen molar-refractivity contribution in [2.24, 2.45) is 5.92 Å². The minimum atomic E-state index is -3.21. The predicted octanol–water partition coefficient (Wildman–Crippen LogP) is 4.27. The molecule has 0 amide bonds. The monoisotopic (exact) mass is 379 g/mol. The third-order valence-corrected chi connectivity index (χ3v) is 4.71. The highest BCUT2D eigenvalue weighted by molar-refractivity contribution is 9.10. The molecule has 0 bridgehead atoms. The van der Waals surface area contributed by atoms with Crippen LogP contribution in [0.3, 0.4) is 0 Å². The van der Waals surface area contributed by atoms with Gasteiger partial charge in [0, 0.05) is 6.42 Å². The second-order valence-corrected chi connectivity index (χ2v) is 6.56. The molecule has 1 N–H and O–H groups in total. The summed E-state index contributed by atoms with van der Waals surface area (Å²) in [5.74, 6) is -5.25. The van der Waals surface area contributed by atoms with Crippen molar-refractivity contribution in [3.63, 3.8) is 0 Å². The van der Waals surface area contributed by atoms with Gasteiger partial charge in [-0.2, -0.15) is 0 Å². The van der Waals surface area contributed by atoms with E-state index >= 15 is 0 Å². The molecule has 4 nitrogen and oxygen atoms in total. The number of hydrogen-bond donors (Lipinski definition) is 1. The van der Waals surface area contributed by atoms with Crippen molar-refractivity contribution < 1.29 is 23.4 Å². The smallest absolute Gasteiger partial charge is 0.306 e. The summed E-state index contributed by atoms with van der Waals surface area (Å²) in [5.41, 5.74) is 0.401. The molecule has 0 radical (unpaired) electrons. The molecule has 0 fully saturated rings. The fourth-order valence-corrected chi connectivity index (χ4v) is 3.48. The molecule has 0 aliphatic rings. The molecule has 8 heteroatoms. The van der Waals surface area contributed by atoms with E-state index < -0.39 is 24.2 Å². The summed E-state index contributed by atoms with van der Waals surface area (Å²) in [6.07, 6.45) is -0.743. The molecule has 2 aromatic heterocycles. The SMILES string of the molecule is COc1nc2cc(C(F)(F)C[C@H](C)C(=O)O)sc2cc1Br. The van der Waals surface area contributed by atoms with E-state index in [1.807, 2.05) is 0 Å². The second kappa shape index (κ2) is 5.84. The molecule has 2 rings (SSSR count). The molecule has 0 aliphatic heterocycles. The molecule has 0 saturated carbocycles. The Balaban J connectivity index is 2.40. The van der Waals surface area contributed by atoms with E-state index in [4.69, 9.17) is 9.84 Å². The minimum absolute atomic E-state index is 0.196. The van der Waals surface area contributed by atoms with E-state index in [9.17, 15) is 13.6 Å². The Kier molecular flexibility index (Phi) is 4.48. The summed E-state index contributed by atoms with van der Waals surface area (Å²) >= 11 is 4.15. The lowest BCUT2D eigenvalue weighted by atomic mass is 10.0. The molecule has 0 unspecified atom stereocenters. The molecular formula is C13H12BrF2NO3S. The van der Waals surface area contributed by atoms with Gasteiger partial charge in [-0.25, -0.2) is 13.8 Å². The molecular weight excluding hydrogens is 368 g/mol. The number of nitrogens with zero attached hydrogens (tertiary/aromatic N) is 1. The lowest BCUT2D eigenvalue weighted by molar-refractivity contribution is -0.144. The van der Waals surface area contributed by atoms with Crippen LogP contribution in [0, 0.1) is 5.92 Å². The van der Waals surface area contributed by atoms with Crippen molar-refractivity contribution in [2.45, 2.75) is 19.3 Å². The Morgan fingerprint density at radius 3 is 2.81 bits per heavy atom. The summed E-state index contributed by atoms with van der Waals surface area (Å²) in [6, 6.07) is 2.94. The van der Waals surface area contributed by atoms with E-state index in [0.717, 1.165) is 11.3 Å². The van der Waals surface area contributed by atoms with Crippen molar-refractivity contribution in [3.8, 4) is 5.88 Å². The van der Waals surface area contributed by atoms with E-state index in [-0.39, 0.29) is 4.88 Å². The number of fused-ring (bicyclic) bond motifs is 1. The number of carboxylic acids is 1. The van der Waals surface area contributed by atoms with Crippen molar-refractivity contribution in [2.75, 3.05) is 7.11 Å². The van der Waals surface area contributed by atoms with E-state index in [2.05, 4.69) is 20.9 Å². The van der Waals surface area contributed by atoms with Gasteiger partial charge >= 0.3 is 5.97 Å².